The maximum Gasteiger partial charge on any atom is 0.241 e. The van der Waals surface area contributed by atoms with Gasteiger partial charge in [-0.05, 0) is 55.5 Å². The van der Waals surface area contributed by atoms with Crippen LogP contribution in [0.5, 0.6) is 0 Å². The highest BCUT2D eigenvalue weighted by molar-refractivity contribution is 7.89. The Morgan fingerprint density at radius 1 is 0.811 bits per heavy atom. The molecule has 1 aliphatic carbocycles. The number of rotatable bonds is 12. The molecule has 0 saturated heterocycles. The van der Waals surface area contributed by atoms with Crippen molar-refractivity contribution in [1.82, 2.24) is 10.0 Å². The second kappa shape index (κ2) is 13.0. The van der Waals surface area contributed by atoms with Crippen LogP contribution in [0, 0.1) is 6.92 Å². The van der Waals surface area contributed by atoms with E-state index in [4.69, 9.17) is 4.74 Å². The minimum Gasteiger partial charge on any atom is -0.376 e. The third kappa shape index (κ3) is 7.73. The van der Waals surface area contributed by atoms with Crippen molar-refractivity contribution in [2.45, 2.75) is 43.7 Å². The van der Waals surface area contributed by atoms with Crippen molar-refractivity contribution >= 4 is 10.0 Å². The number of aryl methyl sites for hydroxylation is 1. The summed E-state index contributed by atoms with van der Waals surface area (Å²) >= 11 is 0. The molecule has 0 heterocycles. The largest absolute Gasteiger partial charge is 0.376 e. The molecule has 4 rings (SSSR count). The van der Waals surface area contributed by atoms with E-state index in [1.807, 2.05) is 79.7 Å². The summed E-state index contributed by atoms with van der Waals surface area (Å²) in [6, 6.07) is 25.8. The smallest absolute Gasteiger partial charge is 0.241 e. The van der Waals surface area contributed by atoms with Crippen LogP contribution in [0.2, 0.25) is 0 Å². The van der Waals surface area contributed by atoms with Gasteiger partial charge in [-0.15, -0.1) is 0 Å². The number of hydrogen-bond acceptors (Lipinski definition) is 4. The zero-order chi connectivity index (χ0) is 26.1. The lowest BCUT2D eigenvalue weighted by Gasteiger charge is -2.30. The molecule has 0 aliphatic heterocycles. The highest BCUT2D eigenvalue weighted by atomic mass is 32.2. The first-order chi connectivity index (χ1) is 17.9. The van der Waals surface area contributed by atoms with Crippen LogP contribution in [-0.4, -0.2) is 28.2 Å². The van der Waals surface area contributed by atoms with Gasteiger partial charge in [0.2, 0.25) is 10.0 Å². The Bertz CT molecular complexity index is 1300. The zero-order valence-electron chi connectivity index (χ0n) is 21.6. The monoisotopic (exact) mass is 516 g/mol. The molecular formula is C31H36N2O3S. The Balaban J connectivity index is 1.53. The van der Waals surface area contributed by atoms with Gasteiger partial charge < -0.3 is 10.1 Å². The van der Waals surface area contributed by atoms with Crippen LogP contribution in [0.3, 0.4) is 0 Å². The van der Waals surface area contributed by atoms with Crippen molar-refractivity contribution in [3.8, 4) is 0 Å². The second-order valence-electron chi connectivity index (χ2n) is 9.54. The average molecular weight is 517 g/mol. The lowest BCUT2D eigenvalue weighted by Crippen LogP contribution is -2.39. The molecule has 1 aliphatic rings. The van der Waals surface area contributed by atoms with Gasteiger partial charge >= 0.3 is 0 Å². The Hall–Kier alpha value is -3.03. The molecule has 0 aromatic heterocycles. The quantitative estimate of drug-likeness (QED) is 0.228. The van der Waals surface area contributed by atoms with E-state index in [1.165, 1.54) is 11.1 Å². The summed E-state index contributed by atoms with van der Waals surface area (Å²) in [4.78, 5) is 0.249. The van der Waals surface area contributed by atoms with Gasteiger partial charge in [-0.1, -0.05) is 96.1 Å². The molecule has 0 spiro atoms. The summed E-state index contributed by atoms with van der Waals surface area (Å²) in [7, 11) is -3.77. The predicted molar refractivity (Wildman–Crippen MR) is 150 cm³/mol. The number of allylic oxidation sites excluding steroid dienone is 3. The van der Waals surface area contributed by atoms with Crippen LogP contribution < -0.4 is 10.0 Å². The van der Waals surface area contributed by atoms with E-state index in [-0.39, 0.29) is 10.9 Å². The molecule has 3 aromatic rings. The minimum absolute atomic E-state index is 0.249. The summed E-state index contributed by atoms with van der Waals surface area (Å²) in [5.41, 5.74) is 5.59. The highest BCUT2D eigenvalue weighted by Gasteiger charge is 2.29. The molecule has 0 unspecified atom stereocenters. The van der Waals surface area contributed by atoms with E-state index in [0.717, 1.165) is 29.5 Å². The molecule has 0 amide bonds. The molecule has 194 valence electrons. The third-order valence-corrected chi connectivity index (χ3v) is 8.00. The molecule has 2 N–H and O–H groups in total. The number of ether oxygens (including phenoxy) is 1. The average Bonchev–Trinajstić information content (AvgIpc) is 2.91. The first kappa shape index (κ1) is 27.0. The van der Waals surface area contributed by atoms with E-state index in [2.05, 4.69) is 29.1 Å². The van der Waals surface area contributed by atoms with Crippen LogP contribution in [0.25, 0.3) is 0 Å². The van der Waals surface area contributed by atoms with Gasteiger partial charge in [0, 0.05) is 6.54 Å². The lowest BCUT2D eigenvalue weighted by atomic mass is 9.94. The molecule has 0 radical (unpaired) electrons. The third-order valence-electron chi connectivity index (χ3n) is 6.54. The molecule has 6 heteroatoms. The van der Waals surface area contributed by atoms with Gasteiger partial charge in [0.05, 0.1) is 30.2 Å². The number of nitrogens with one attached hydrogen (secondary N) is 2. The van der Waals surface area contributed by atoms with Gasteiger partial charge in [-0.2, -0.15) is 0 Å². The molecule has 5 nitrogen and oxygen atoms in total. The standard InChI is InChI=1S/C31H36N2O3S/c1-24-16-18-29(19-17-24)37(34,35)33-31(28-14-7-4-8-15-28)30(27-12-5-3-6-13-27)32-20-21-36-23-26-11-9-10-25(2)22-26/h3-8,10-19,30-33H,9,20-23H2,1-2H3/t30-,31-/m1/s1. The van der Waals surface area contributed by atoms with Crippen LogP contribution in [-0.2, 0) is 14.8 Å². The van der Waals surface area contributed by atoms with E-state index >= 15 is 0 Å². The van der Waals surface area contributed by atoms with Crippen molar-refractivity contribution in [3.05, 3.63) is 125 Å². The summed E-state index contributed by atoms with van der Waals surface area (Å²) in [5.74, 6) is 0. The number of benzene rings is 3. The summed E-state index contributed by atoms with van der Waals surface area (Å²) in [5, 5.41) is 3.58. The van der Waals surface area contributed by atoms with Crippen LogP contribution in [0.1, 0.15) is 48.5 Å². The number of hydrogen-bond donors (Lipinski definition) is 2. The Morgan fingerprint density at radius 3 is 2.05 bits per heavy atom. The lowest BCUT2D eigenvalue weighted by molar-refractivity contribution is 0.152. The molecule has 0 fully saturated rings. The summed E-state index contributed by atoms with van der Waals surface area (Å²) in [6.07, 6.45) is 6.42. The van der Waals surface area contributed by atoms with Gasteiger partial charge in [0.25, 0.3) is 0 Å². The van der Waals surface area contributed by atoms with Gasteiger partial charge in [-0.3, -0.25) is 0 Å². The van der Waals surface area contributed by atoms with Crippen molar-refractivity contribution in [1.29, 1.82) is 0 Å². The van der Waals surface area contributed by atoms with Gasteiger partial charge in [0.15, 0.2) is 0 Å². The Labute approximate surface area is 221 Å². The molecule has 0 bridgehead atoms. The van der Waals surface area contributed by atoms with Crippen molar-refractivity contribution in [3.63, 3.8) is 0 Å². The maximum absolute atomic E-state index is 13.5. The van der Waals surface area contributed by atoms with Gasteiger partial charge in [0.1, 0.15) is 0 Å². The predicted octanol–water partition coefficient (Wildman–Crippen LogP) is 6.03. The van der Waals surface area contributed by atoms with Crippen LogP contribution in [0.4, 0.5) is 0 Å². The minimum atomic E-state index is -3.77. The normalized spacial score (nSPS) is 15.5. The van der Waals surface area contributed by atoms with Crippen LogP contribution in [0.15, 0.2) is 113 Å². The molecule has 3 aromatic carbocycles. The molecular weight excluding hydrogens is 480 g/mol. The van der Waals surface area contributed by atoms with Crippen molar-refractivity contribution in [2.24, 2.45) is 0 Å². The fourth-order valence-corrected chi connectivity index (χ4v) is 5.80. The molecule has 2 atom stereocenters. The molecule has 37 heavy (non-hydrogen) atoms. The fraction of sp³-hybridized carbons (Fsp3) is 0.290. The maximum atomic E-state index is 13.5. The van der Waals surface area contributed by atoms with Crippen LogP contribution >= 0.6 is 0 Å². The van der Waals surface area contributed by atoms with E-state index < -0.39 is 16.1 Å². The SMILES string of the molecule is CC1=CCC=C(COCCN[C@H](c2ccccc2)[C@H](NS(=O)(=O)c2ccc(C)cc2)c2ccccc2)C1. The van der Waals surface area contributed by atoms with E-state index in [1.54, 1.807) is 12.1 Å². The summed E-state index contributed by atoms with van der Waals surface area (Å²) in [6.45, 7) is 5.81. The first-order valence-corrected chi connectivity index (χ1v) is 14.2. The topological polar surface area (TPSA) is 67.4 Å². The zero-order valence-corrected chi connectivity index (χ0v) is 22.4. The van der Waals surface area contributed by atoms with Crippen molar-refractivity contribution in [2.75, 3.05) is 19.8 Å². The first-order valence-electron chi connectivity index (χ1n) is 12.8. The van der Waals surface area contributed by atoms with E-state index in [9.17, 15) is 8.42 Å². The molecule has 0 saturated carbocycles. The Morgan fingerprint density at radius 2 is 1.43 bits per heavy atom. The van der Waals surface area contributed by atoms with Gasteiger partial charge in [-0.25, -0.2) is 13.1 Å². The van der Waals surface area contributed by atoms with Crippen molar-refractivity contribution < 1.29 is 13.2 Å². The van der Waals surface area contributed by atoms with E-state index in [0.29, 0.717) is 19.8 Å². The fourth-order valence-electron chi connectivity index (χ4n) is 4.56. The summed E-state index contributed by atoms with van der Waals surface area (Å²) < 4.78 is 35.9. The highest BCUT2D eigenvalue weighted by Crippen LogP contribution is 2.31. The number of sulfonamides is 1. The Kier molecular flexibility index (Phi) is 9.47. The second-order valence-corrected chi connectivity index (χ2v) is 11.3.